The third-order valence-electron chi connectivity index (χ3n) is 2.90. The first-order valence-electron chi connectivity index (χ1n) is 6.67. The summed E-state index contributed by atoms with van der Waals surface area (Å²) in [6, 6.07) is -0.208. The van der Waals surface area contributed by atoms with Crippen LogP contribution < -0.4 is 5.32 Å². The minimum absolute atomic E-state index is 0.0306. The highest BCUT2D eigenvalue weighted by Gasteiger charge is 2.18. The van der Waals surface area contributed by atoms with E-state index in [-0.39, 0.29) is 24.3 Å². The standard InChI is InChI=1S/C14H21N3O3/c1-8(2)13-11(7-15-10(4)17-13)14(20)16-9(3)5-6-12(18)19/h7-9H,5-6H2,1-4H3,(H,16,20)(H,18,19). The van der Waals surface area contributed by atoms with E-state index in [1.54, 1.807) is 13.8 Å². The Morgan fingerprint density at radius 2 is 2.00 bits per heavy atom. The number of aromatic nitrogens is 2. The zero-order valence-corrected chi connectivity index (χ0v) is 12.3. The summed E-state index contributed by atoms with van der Waals surface area (Å²) in [5.74, 6) is -0.379. The van der Waals surface area contributed by atoms with Crippen molar-refractivity contribution in [2.24, 2.45) is 0 Å². The van der Waals surface area contributed by atoms with Crippen LogP contribution in [0.3, 0.4) is 0 Å². The maximum atomic E-state index is 12.2. The van der Waals surface area contributed by atoms with E-state index in [9.17, 15) is 9.59 Å². The van der Waals surface area contributed by atoms with Crippen molar-refractivity contribution in [3.8, 4) is 0 Å². The van der Waals surface area contributed by atoms with Crippen LogP contribution in [0.15, 0.2) is 6.20 Å². The van der Waals surface area contributed by atoms with Gasteiger partial charge in [0, 0.05) is 18.7 Å². The Kier molecular flexibility index (Phi) is 5.61. The lowest BCUT2D eigenvalue weighted by Crippen LogP contribution is -2.34. The molecule has 0 aliphatic rings. The summed E-state index contributed by atoms with van der Waals surface area (Å²) in [7, 11) is 0. The largest absolute Gasteiger partial charge is 0.481 e. The van der Waals surface area contributed by atoms with Crippen molar-refractivity contribution in [2.45, 2.75) is 52.5 Å². The molecule has 2 N–H and O–H groups in total. The lowest BCUT2D eigenvalue weighted by atomic mass is 10.0. The van der Waals surface area contributed by atoms with E-state index in [0.29, 0.717) is 23.5 Å². The fourth-order valence-electron chi connectivity index (χ4n) is 1.82. The molecule has 0 radical (unpaired) electrons. The molecule has 0 aliphatic heterocycles. The molecule has 1 rings (SSSR count). The fraction of sp³-hybridized carbons (Fsp3) is 0.571. The summed E-state index contributed by atoms with van der Waals surface area (Å²) in [5, 5.41) is 11.4. The van der Waals surface area contributed by atoms with Gasteiger partial charge in [0.05, 0.1) is 11.3 Å². The highest BCUT2D eigenvalue weighted by Crippen LogP contribution is 2.16. The average molecular weight is 279 g/mol. The van der Waals surface area contributed by atoms with Gasteiger partial charge in [-0.05, 0) is 26.2 Å². The topological polar surface area (TPSA) is 92.2 Å². The Bertz CT molecular complexity index is 500. The zero-order chi connectivity index (χ0) is 15.3. The maximum Gasteiger partial charge on any atom is 0.303 e. The van der Waals surface area contributed by atoms with Gasteiger partial charge in [0.25, 0.3) is 5.91 Å². The van der Waals surface area contributed by atoms with E-state index in [0.717, 1.165) is 0 Å². The van der Waals surface area contributed by atoms with Crippen molar-refractivity contribution in [1.82, 2.24) is 15.3 Å². The number of aliphatic carboxylic acids is 1. The second kappa shape index (κ2) is 6.98. The lowest BCUT2D eigenvalue weighted by Gasteiger charge is -2.15. The quantitative estimate of drug-likeness (QED) is 0.829. The summed E-state index contributed by atoms with van der Waals surface area (Å²) in [6.45, 7) is 7.49. The molecule has 110 valence electrons. The predicted octanol–water partition coefficient (Wildman–Crippen LogP) is 1.89. The number of hydrogen-bond acceptors (Lipinski definition) is 4. The van der Waals surface area contributed by atoms with Crippen LogP contribution in [0.2, 0.25) is 0 Å². The summed E-state index contributed by atoms with van der Waals surface area (Å²) < 4.78 is 0. The van der Waals surface area contributed by atoms with Gasteiger partial charge >= 0.3 is 5.97 Å². The summed E-state index contributed by atoms with van der Waals surface area (Å²) >= 11 is 0. The number of nitrogens with zero attached hydrogens (tertiary/aromatic N) is 2. The number of carboxylic acids is 1. The number of rotatable bonds is 6. The molecule has 1 unspecified atom stereocenters. The second-order valence-electron chi connectivity index (χ2n) is 5.18. The molecule has 1 amide bonds. The van der Waals surface area contributed by atoms with Crippen molar-refractivity contribution in [1.29, 1.82) is 0 Å². The smallest absolute Gasteiger partial charge is 0.303 e. The number of aryl methyl sites for hydroxylation is 1. The molecule has 6 nitrogen and oxygen atoms in total. The van der Waals surface area contributed by atoms with E-state index in [2.05, 4.69) is 15.3 Å². The minimum Gasteiger partial charge on any atom is -0.481 e. The summed E-state index contributed by atoms with van der Waals surface area (Å²) in [6.07, 6.45) is 1.95. The van der Waals surface area contributed by atoms with Gasteiger partial charge in [0.2, 0.25) is 0 Å². The molecule has 0 saturated carbocycles. The molecule has 1 aromatic heterocycles. The first kappa shape index (κ1) is 16.1. The SMILES string of the molecule is Cc1ncc(C(=O)NC(C)CCC(=O)O)c(C(C)C)n1. The van der Waals surface area contributed by atoms with Crippen LogP contribution in [0.25, 0.3) is 0 Å². The first-order valence-corrected chi connectivity index (χ1v) is 6.67. The van der Waals surface area contributed by atoms with E-state index in [1.807, 2.05) is 13.8 Å². The number of nitrogens with one attached hydrogen (secondary N) is 1. The van der Waals surface area contributed by atoms with Gasteiger partial charge in [-0.25, -0.2) is 9.97 Å². The molecule has 0 bridgehead atoms. The minimum atomic E-state index is -0.868. The zero-order valence-electron chi connectivity index (χ0n) is 12.3. The highest BCUT2D eigenvalue weighted by molar-refractivity contribution is 5.95. The molecular formula is C14H21N3O3. The molecule has 1 heterocycles. The summed E-state index contributed by atoms with van der Waals surface area (Å²) in [4.78, 5) is 31.1. The number of carboxylic acid groups (broad SMARTS) is 1. The van der Waals surface area contributed by atoms with Crippen molar-refractivity contribution >= 4 is 11.9 Å². The van der Waals surface area contributed by atoms with Crippen molar-refractivity contribution in [3.05, 3.63) is 23.3 Å². The Hall–Kier alpha value is -1.98. The molecule has 0 aliphatic carbocycles. The van der Waals surface area contributed by atoms with Gasteiger partial charge in [0.1, 0.15) is 5.82 Å². The van der Waals surface area contributed by atoms with Crippen LogP contribution in [0.4, 0.5) is 0 Å². The Morgan fingerprint density at radius 3 is 2.55 bits per heavy atom. The molecule has 0 spiro atoms. The Labute approximate surface area is 118 Å². The van der Waals surface area contributed by atoms with Gasteiger partial charge in [-0.2, -0.15) is 0 Å². The van der Waals surface area contributed by atoms with Crippen LogP contribution in [-0.2, 0) is 4.79 Å². The molecule has 6 heteroatoms. The van der Waals surface area contributed by atoms with Crippen LogP contribution in [0.5, 0.6) is 0 Å². The maximum absolute atomic E-state index is 12.2. The number of hydrogen-bond donors (Lipinski definition) is 2. The third-order valence-corrected chi connectivity index (χ3v) is 2.90. The van der Waals surface area contributed by atoms with E-state index < -0.39 is 5.97 Å². The Balaban J connectivity index is 2.79. The number of amides is 1. The fourth-order valence-corrected chi connectivity index (χ4v) is 1.82. The summed E-state index contributed by atoms with van der Waals surface area (Å²) in [5.41, 5.74) is 1.16. The average Bonchev–Trinajstić information content (AvgIpc) is 2.35. The molecule has 1 atom stereocenters. The van der Waals surface area contributed by atoms with Gasteiger partial charge < -0.3 is 10.4 Å². The van der Waals surface area contributed by atoms with Crippen molar-refractivity contribution in [2.75, 3.05) is 0 Å². The van der Waals surface area contributed by atoms with Gasteiger partial charge in [-0.15, -0.1) is 0 Å². The monoisotopic (exact) mass is 279 g/mol. The van der Waals surface area contributed by atoms with Crippen LogP contribution in [0, 0.1) is 6.92 Å². The van der Waals surface area contributed by atoms with E-state index in [1.165, 1.54) is 6.20 Å². The molecule has 0 fully saturated rings. The van der Waals surface area contributed by atoms with Crippen LogP contribution in [0.1, 0.15) is 61.4 Å². The molecule has 20 heavy (non-hydrogen) atoms. The van der Waals surface area contributed by atoms with Crippen molar-refractivity contribution in [3.63, 3.8) is 0 Å². The van der Waals surface area contributed by atoms with E-state index >= 15 is 0 Å². The first-order chi connectivity index (χ1) is 9.31. The highest BCUT2D eigenvalue weighted by atomic mass is 16.4. The molecule has 1 aromatic rings. The Morgan fingerprint density at radius 1 is 1.35 bits per heavy atom. The van der Waals surface area contributed by atoms with Crippen LogP contribution in [-0.4, -0.2) is 33.0 Å². The number of carbonyl (C=O) groups excluding carboxylic acids is 1. The molecular weight excluding hydrogens is 258 g/mol. The normalized spacial score (nSPS) is 12.2. The van der Waals surface area contributed by atoms with Crippen molar-refractivity contribution < 1.29 is 14.7 Å². The molecule has 0 aromatic carbocycles. The third kappa shape index (κ3) is 4.60. The van der Waals surface area contributed by atoms with Gasteiger partial charge in [-0.3, -0.25) is 9.59 Å². The van der Waals surface area contributed by atoms with Gasteiger partial charge in [-0.1, -0.05) is 13.8 Å². The van der Waals surface area contributed by atoms with E-state index in [4.69, 9.17) is 5.11 Å². The van der Waals surface area contributed by atoms with Crippen LogP contribution >= 0.6 is 0 Å². The lowest BCUT2D eigenvalue weighted by molar-refractivity contribution is -0.137. The number of carbonyl (C=O) groups is 2. The second-order valence-corrected chi connectivity index (χ2v) is 5.18. The molecule has 0 saturated heterocycles. The van der Waals surface area contributed by atoms with Gasteiger partial charge in [0.15, 0.2) is 0 Å². The predicted molar refractivity (Wildman–Crippen MR) is 74.7 cm³/mol.